The molecule has 5 unspecified atom stereocenters. The van der Waals surface area contributed by atoms with Gasteiger partial charge >= 0.3 is 5.97 Å². The minimum absolute atomic E-state index is 0.109. The maximum absolute atomic E-state index is 12.1. The van der Waals surface area contributed by atoms with E-state index >= 15 is 0 Å². The number of nitrogens with one attached hydrogen (secondary N) is 1. The first kappa shape index (κ1) is 13.1. The van der Waals surface area contributed by atoms with Gasteiger partial charge in [0.25, 0.3) is 0 Å². The Bertz CT molecular complexity index is 367. The SMILES string of the molecule is C=CCC(NC(=O)C1C2CCC(C2)C1N)C(=O)O. The molecule has 0 heterocycles. The predicted octanol–water partition coefficient (Wildman–Crippen LogP) is 0.505. The maximum Gasteiger partial charge on any atom is 0.326 e. The number of carbonyl (C=O) groups excluding carboxylic acids is 1. The number of rotatable bonds is 5. The highest BCUT2D eigenvalue weighted by Gasteiger charge is 2.49. The molecular weight excluding hydrogens is 232 g/mol. The average molecular weight is 252 g/mol. The van der Waals surface area contributed by atoms with Crippen LogP contribution in [0.4, 0.5) is 0 Å². The fraction of sp³-hybridized carbons (Fsp3) is 0.692. The van der Waals surface area contributed by atoms with E-state index in [1.807, 2.05) is 0 Å². The first-order chi connectivity index (χ1) is 8.54. The predicted molar refractivity (Wildman–Crippen MR) is 66.7 cm³/mol. The quantitative estimate of drug-likeness (QED) is 0.621. The molecule has 18 heavy (non-hydrogen) atoms. The van der Waals surface area contributed by atoms with Crippen LogP contribution < -0.4 is 11.1 Å². The monoisotopic (exact) mass is 252 g/mol. The largest absolute Gasteiger partial charge is 0.480 e. The summed E-state index contributed by atoms with van der Waals surface area (Å²) in [5.41, 5.74) is 6.06. The molecule has 2 rings (SSSR count). The number of hydrogen-bond acceptors (Lipinski definition) is 3. The Hall–Kier alpha value is -1.36. The number of amides is 1. The van der Waals surface area contributed by atoms with Crippen LogP contribution in [0.15, 0.2) is 12.7 Å². The van der Waals surface area contributed by atoms with E-state index in [9.17, 15) is 9.59 Å². The molecule has 0 radical (unpaired) electrons. The summed E-state index contributed by atoms with van der Waals surface area (Å²) in [5, 5.41) is 11.6. The van der Waals surface area contributed by atoms with Crippen molar-refractivity contribution in [2.24, 2.45) is 23.5 Å². The van der Waals surface area contributed by atoms with Crippen molar-refractivity contribution in [2.75, 3.05) is 0 Å². The standard InChI is InChI=1S/C13H20N2O3/c1-2-3-9(13(17)18)15-12(16)10-7-4-5-8(6-7)11(10)14/h2,7-11H,1,3-6,14H2,(H,15,16)(H,17,18). The molecular formula is C13H20N2O3. The van der Waals surface area contributed by atoms with Crippen LogP contribution in [0.1, 0.15) is 25.7 Å². The third-order valence-electron chi connectivity index (χ3n) is 4.30. The first-order valence-electron chi connectivity index (χ1n) is 6.44. The molecule has 0 aliphatic heterocycles. The molecule has 5 nitrogen and oxygen atoms in total. The van der Waals surface area contributed by atoms with Crippen LogP contribution in [0.3, 0.4) is 0 Å². The zero-order valence-corrected chi connectivity index (χ0v) is 10.3. The van der Waals surface area contributed by atoms with Gasteiger partial charge in [0, 0.05) is 6.04 Å². The van der Waals surface area contributed by atoms with E-state index < -0.39 is 12.0 Å². The van der Waals surface area contributed by atoms with Gasteiger partial charge in [0.05, 0.1) is 5.92 Å². The molecule has 1 amide bonds. The molecule has 0 saturated heterocycles. The van der Waals surface area contributed by atoms with Crippen molar-refractivity contribution in [1.82, 2.24) is 5.32 Å². The van der Waals surface area contributed by atoms with Gasteiger partial charge in [-0.3, -0.25) is 4.79 Å². The summed E-state index contributed by atoms with van der Waals surface area (Å²) in [6, 6.07) is -0.997. The molecule has 2 fully saturated rings. The van der Waals surface area contributed by atoms with Crippen LogP contribution >= 0.6 is 0 Å². The molecule has 2 aliphatic carbocycles. The van der Waals surface area contributed by atoms with Gasteiger partial charge in [-0.2, -0.15) is 0 Å². The van der Waals surface area contributed by atoms with E-state index in [4.69, 9.17) is 10.8 Å². The molecule has 4 N–H and O–H groups in total. The van der Waals surface area contributed by atoms with Gasteiger partial charge in [0.1, 0.15) is 6.04 Å². The minimum atomic E-state index is -1.03. The lowest BCUT2D eigenvalue weighted by molar-refractivity contribution is -0.142. The van der Waals surface area contributed by atoms with Gasteiger partial charge in [-0.15, -0.1) is 6.58 Å². The molecule has 0 aromatic rings. The highest BCUT2D eigenvalue weighted by atomic mass is 16.4. The zero-order chi connectivity index (χ0) is 13.3. The van der Waals surface area contributed by atoms with Crippen LogP contribution in [0.25, 0.3) is 0 Å². The lowest BCUT2D eigenvalue weighted by Crippen LogP contribution is -2.50. The highest BCUT2D eigenvalue weighted by molar-refractivity contribution is 5.86. The van der Waals surface area contributed by atoms with Gasteiger partial charge in [-0.25, -0.2) is 4.79 Å². The molecule has 0 spiro atoms. The van der Waals surface area contributed by atoms with Crippen molar-refractivity contribution >= 4 is 11.9 Å². The second kappa shape index (κ2) is 5.10. The van der Waals surface area contributed by atoms with Crippen LogP contribution in [-0.2, 0) is 9.59 Å². The average Bonchev–Trinajstić information content (AvgIpc) is 2.88. The molecule has 100 valence electrons. The van der Waals surface area contributed by atoms with E-state index in [2.05, 4.69) is 11.9 Å². The van der Waals surface area contributed by atoms with Crippen LogP contribution in [-0.4, -0.2) is 29.1 Å². The van der Waals surface area contributed by atoms with Crippen molar-refractivity contribution < 1.29 is 14.7 Å². The van der Waals surface area contributed by atoms with E-state index in [-0.39, 0.29) is 24.3 Å². The Morgan fingerprint density at radius 3 is 2.61 bits per heavy atom. The lowest BCUT2D eigenvalue weighted by Gasteiger charge is -2.28. The van der Waals surface area contributed by atoms with Crippen molar-refractivity contribution in [1.29, 1.82) is 0 Å². The molecule has 5 atom stereocenters. The van der Waals surface area contributed by atoms with Gasteiger partial charge in [-0.05, 0) is 37.5 Å². The molecule has 5 heteroatoms. The number of nitrogens with two attached hydrogens (primary N) is 1. The molecule has 2 aliphatic rings. The Balaban J connectivity index is 1.99. The summed E-state index contributed by atoms with van der Waals surface area (Å²) >= 11 is 0. The number of carboxylic acids is 1. The fourth-order valence-corrected chi connectivity index (χ4v) is 3.38. The molecule has 2 bridgehead atoms. The number of aliphatic carboxylic acids is 1. The van der Waals surface area contributed by atoms with E-state index in [1.54, 1.807) is 0 Å². The number of fused-ring (bicyclic) bond motifs is 2. The number of carboxylic acid groups (broad SMARTS) is 1. The smallest absolute Gasteiger partial charge is 0.326 e. The van der Waals surface area contributed by atoms with Crippen molar-refractivity contribution in [3.05, 3.63) is 12.7 Å². The summed E-state index contributed by atoms with van der Waals surface area (Å²) in [5.74, 6) is -0.670. The maximum atomic E-state index is 12.1. The number of carbonyl (C=O) groups is 2. The Morgan fingerprint density at radius 1 is 1.44 bits per heavy atom. The van der Waals surface area contributed by atoms with E-state index in [0.29, 0.717) is 11.8 Å². The molecule has 2 saturated carbocycles. The summed E-state index contributed by atoms with van der Waals surface area (Å²) in [6.45, 7) is 3.50. The van der Waals surface area contributed by atoms with Crippen LogP contribution in [0.2, 0.25) is 0 Å². The van der Waals surface area contributed by atoms with Gasteiger partial charge in [-0.1, -0.05) is 6.08 Å². The summed E-state index contributed by atoms with van der Waals surface area (Å²) in [6.07, 6.45) is 4.88. The normalized spacial score (nSPS) is 35.2. The summed E-state index contributed by atoms with van der Waals surface area (Å²) in [4.78, 5) is 23.1. The Kier molecular flexibility index (Phi) is 3.71. The van der Waals surface area contributed by atoms with Crippen molar-refractivity contribution in [3.63, 3.8) is 0 Å². The molecule has 0 aromatic heterocycles. The van der Waals surface area contributed by atoms with Crippen LogP contribution in [0.5, 0.6) is 0 Å². The van der Waals surface area contributed by atoms with E-state index in [0.717, 1.165) is 19.3 Å². The zero-order valence-electron chi connectivity index (χ0n) is 10.3. The van der Waals surface area contributed by atoms with Crippen LogP contribution in [0, 0.1) is 17.8 Å². The third kappa shape index (κ3) is 2.27. The second-order valence-electron chi connectivity index (χ2n) is 5.36. The third-order valence-corrected chi connectivity index (χ3v) is 4.30. The van der Waals surface area contributed by atoms with Crippen molar-refractivity contribution in [3.8, 4) is 0 Å². The second-order valence-corrected chi connectivity index (χ2v) is 5.36. The summed E-state index contributed by atoms with van der Waals surface area (Å²) < 4.78 is 0. The van der Waals surface area contributed by atoms with Gasteiger partial charge in [0.2, 0.25) is 5.91 Å². The summed E-state index contributed by atoms with van der Waals surface area (Å²) in [7, 11) is 0. The highest BCUT2D eigenvalue weighted by Crippen LogP contribution is 2.47. The first-order valence-corrected chi connectivity index (χ1v) is 6.44. The van der Waals surface area contributed by atoms with Gasteiger partial charge < -0.3 is 16.2 Å². The van der Waals surface area contributed by atoms with Crippen molar-refractivity contribution in [2.45, 2.75) is 37.8 Å². The fourth-order valence-electron chi connectivity index (χ4n) is 3.38. The lowest BCUT2D eigenvalue weighted by atomic mass is 9.84. The molecule has 0 aromatic carbocycles. The number of hydrogen-bond donors (Lipinski definition) is 3. The minimum Gasteiger partial charge on any atom is -0.480 e. The Labute approximate surface area is 106 Å². The van der Waals surface area contributed by atoms with E-state index in [1.165, 1.54) is 6.08 Å². The Morgan fingerprint density at radius 2 is 2.11 bits per heavy atom. The van der Waals surface area contributed by atoms with Gasteiger partial charge in [0.15, 0.2) is 0 Å². The topological polar surface area (TPSA) is 92.4 Å².